The van der Waals surface area contributed by atoms with Crippen LogP contribution in [0.3, 0.4) is 0 Å². The van der Waals surface area contributed by atoms with Gasteiger partial charge in [-0.25, -0.2) is 4.98 Å². The molecule has 0 aliphatic carbocycles. The van der Waals surface area contributed by atoms with Gasteiger partial charge in [-0.1, -0.05) is 0 Å². The lowest BCUT2D eigenvalue weighted by Gasteiger charge is -2.32. The predicted molar refractivity (Wildman–Crippen MR) is 82.5 cm³/mol. The highest BCUT2D eigenvalue weighted by atomic mass is 32.1. The van der Waals surface area contributed by atoms with Crippen molar-refractivity contribution in [3.05, 3.63) is 28.1 Å². The first-order chi connectivity index (χ1) is 10.2. The van der Waals surface area contributed by atoms with Crippen LogP contribution in [0.5, 0.6) is 0 Å². The van der Waals surface area contributed by atoms with Crippen molar-refractivity contribution in [2.24, 2.45) is 0 Å². The van der Waals surface area contributed by atoms with Gasteiger partial charge >= 0.3 is 0 Å². The summed E-state index contributed by atoms with van der Waals surface area (Å²) in [5.74, 6) is -0.0200. The number of nitrogens with one attached hydrogen (secondary N) is 1. The van der Waals surface area contributed by atoms with Crippen LogP contribution in [0.2, 0.25) is 0 Å². The second kappa shape index (κ2) is 5.95. The molecule has 0 spiro atoms. The number of nitrogens with zero attached hydrogens (tertiary/aromatic N) is 3. The van der Waals surface area contributed by atoms with Crippen molar-refractivity contribution < 1.29 is 4.79 Å². The van der Waals surface area contributed by atoms with E-state index in [1.54, 1.807) is 6.07 Å². The maximum Gasteiger partial charge on any atom is 0.262 e. The lowest BCUT2D eigenvalue weighted by atomic mass is 10.1. The van der Waals surface area contributed by atoms with Crippen molar-refractivity contribution in [2.75, 3.05) is 20.1 Å². The molecule has 1 saturated heterocycles. The van der Waals surface area contributed by atoms with Crippen LogP contribution in [-0.2, 0) is 11.3 Å². The molecule has 0 saturated carbocycles. The molecule has 2 aromatic rings. The van der Waals surface area contributed by atoms with E-state index >= 15 is 0 Å². The Morgan fingerprint density at radius 3 is 3.24 bits per heavy atom. The Bertz CT molecular complexity index is 708. The number of amides is 1. The largest absolute Gasteiger partial charge is 0.340 e. The average molecular weight is 306 g/mol. The van der Waals surface area contributed by atoms with Gasteiger partial charge in [0, 0.05) is 19.1 Å². The van der Waals surface area contributed by atoms with Crippen LogP contribution in [0.25, 0.3) is 10.2 Å². The minimum absolute atomic E-state index is 0.0200. The minimum atomic E-state index is -0.142. The van der Waals surface area contributed by atoms with E-state index in [1.807, 2.05) is 17.3 Å². The quantitative estimate of drug-likeness (QED) is 0.905. The van der Waals surface area contributed by atoms with E-state index in [9.17, 15) is 9.59 Å². The molecule has 2 aromatic heterocycles. The Balaban J connectivity index is 1.77. The van der Waals surface area contributed by atoms with Crippen LogP contribution in [0.4, 0.5) is 0 Å². The van der Waals surface area contributed by atoms with Crippen molar-refractivity contribution in [1.82, 2.24) is 19.8 Å². The Kier molecular flexibility index (Phi) is 4.03. The summed E-state index contributed by atoms with van der Waals surface area (Å²) in [6, 6.07) is 2.10. The Labute approximate surface area is 126 Å². The molecule has 1 amide bonds. The Morgan fingerprint density at radius 1 is 1.57 bits per heavy atom. The molecule has 3 heterocycles. The number of thiophene rings is 1. The van der Waals surface area contributed by atoms with Crippen molar-refractivity contribution in [2.45, 2.75) is 25.4 Å². The molecule has 0 radical (unpaired) electrons. The zero-order valence-corrected chi connectivity index (χ0v) is 12.7. The topological polar surface area (TPSA) is 67.2 Å². The number of carbonyl (C=O) groups excluding carboxylic acids is 1. The monoisotopic (exact) mass is 306 g/mol. The van der Waals surface area contributed by atoms with Gasteiger partial charge in [0.1, 0.15) is 11.4 Å². The first-order valence-electron chi connectivity index (χ1n) is 7.06. The molecule has 1 unspecified atom stereocenters. The standard InChI is InChI=1S/C14H18N4O2S/c1-15-10-3-2-5-17(7-10)12(19)8-18-9-16-13-11(14(18)20)4-6-21-13/h4,6,9-10,15H,2-3,5,7-8H2,1H3. The van der Waals surface area contributed by atoms with Gasteiger partial charge in [0.05, 0.1) is 11.7 Å². The number of piperidine rings is 1. The van der Waals surface area contributed by atoms with Crippen LogP contribution in [-0.4, -0.2) is 46.5 Å². The maximum absolute atomic E-state index is 12.4. The third kappa shape index (κ3) is 2.84. The van der Waals surface area contributed by atoms with Crippen molar-refractivity contribution in [3.8, 4) is 0 Å². The highest BCUT2D eigenvalue weighted by molar-refractivity contribution is 7.16. The second-order valence-electron chi connectivity index (χ2n) is 5.28. The summed E-state index contributed by atoms with van der Waals surface area (Å²) < 4.78 is 1.40. The van der Waals surface area contributed by atoms with E-state index in [2.05, 4.69) is 10.3 Å². The summed E-state index contributed by atoms with van der Waals surface area (Å²) in [4.78, 5) is 31.4. The average Bonchev–Trinajstić information content (AvgIpc) is 2.99. The second-order valence-corrected chi connectivity index (χ2v) is 6.18. The third-order valence-electron chi connectivity index (χ3n) is 3.94. The molecule has 1 atom stereocenters. The SMILES string of the molecule is CNC1CCCN(C(=O)Cn2cnc3sccc3c2=O)C1. The molecule has 1 aliphatic heterocycles. The van der Waals surface area contributed by atoms with Gasteiger partial charge in [-0.3, -0.25) is 14.2 Å². The van der Waals surface area contributed by atoms with Crippen LogP contribution < -0.4 is 10.9 Å². The summed E-state index contributed by atoms with van der Waals surface area (Å²) in [7, 11) is 1.91. The number of hydrogen-bond acceptors (Lipinski definition) is 5. The number of likely N-dealkylation sites (N-methyl/N-ethyl adjacent to an activating group) is 1. The molecule has 1 N–H and O–H groups in total. The lowest BCUT2D eigenvalue weighted by molar-refractivity contribution is -0.133. The van der Waals surface area contributed by atoms with E-state index in [1.165, 1.54) is 22.2 Å². The minimum Gasteiger partial charge on any atom is -0.340 e. The molecule has 0 aromatic carbocycles. The lowest BCUT2D eigenvalue weighted by Crippen LogP contribution is -2.48. The van der Waals surface area contributed by atoms with Gasteiger partial charge in [0.15, 0.2) is 0 Å². The van der Waals surface area contributed by atoms with E-state index in [0.29, 0.717) is 18.0 Å². The van der Waals surface area contributed by atoms with Gasteiger partial charge in [-0.05, 0) is 31.3 Å². The summed E-state index contributed by atoms with van der Waals surface area (Å²) in [5, 5.41) is 5.64. The number of aromatic nitrogens is 2. The van der Waals surface area contributed by atoms with Gasteiger partial charge in [0.2, 0.25) is 5.91 Å². The maximum atomic E-state index is 12.4. The predicted octanol–water partition coefficient (Wildman–Crippen LogP) is 0.668. The van der Waals surface area contributed by atoms with Crippen molar-refractivity contribution in [1.29, 1.82) is 0 Å². The fourth-order valence-corrected chi connectivity index (χ4v) is 3.41. The highest BCUT2D eigenvalue weighted by Gasteiger charge is 2.23. The number of hydrogen-bond donors (Lipinski definition) is 1. The summed E-state index contributed by atoms with van der Waals surface area (Å²) in [6.45, 7) is 1.53. The van der Waals surface area contributed by atoms with Crippen LogP contribution >= 0.6 is 11.3 Å². The van der Waals surface area contributed by atoms with Crippen LogP contribution in [0.1, 0.15) is 12.8 Å². The molecule has 6 nitrogen and oxygen atoms in total. The fraction of sp³-hybridized carbons (Fsp3) is 0.500. The molecule has 21 heavy (non-hydrogen) atoms. The van der Waals surface area contributed by atoms with Crippen molar-refractivity contribution in [3.63, 3.8) is 0 Å². The molecular formula is C14H18N4O2S. The third-order valence-corrected chi connectivity index (χ3v) is 4.76. The van der Waals surface area contributed by atoms with E-state index in [0.717, 1.165) is 24.2 Å². The molecule has 7 heteroatoms. The van der Waals surface area contributed by atoms with Gasteiger partial charge < -0.3 is 10.2 Å². The highest BCUT2D eigenvalue weighted by Crippen LogP contribution is 2.14. The first-order valence-corrected chi connectivity index (χ1v) is 7.94. The summed E-state index contributed by atoms with van der Waals surface area (Å²) in [5.41, 5.74) is -0.142. The van der Waals surface area contributed by atoms with Crippen LogP contribution in [0, 0.1) is 0 Å². The Hall–Kier alpha value is -1.73. The zero-order chi connectivity index (χ0) is 14.8. The van der Waals surface area contributed by atoms with Gasteiger partial charge in [0.25, 0.3) is 5.56 Å². The molecule has 3 rings (SSSR count). The molecular weight excluding hydrogens is 288 g/mol. The smallest absolute Gasteiger partial charge is 0.262 e. The van der Waals surface area contributed by atoms with E-state index in [-0.39, 0.29) is 18.0 Å². The van der Waals surface area contributed by atoms with Crippen molar-refractivity contribution >= 4 is 27.5 Å². The molecule has 1 aliphatic rings. The number of likely N-dealkylation sites (tertiary alicyclic amines) is 1. The number of carbonyl (C=O) groups is 1. The number of fused-ring (bicyclic) bond motifs is 1. The van der Waals surface area contributed by atoms with Gasteiger partial charge in [-0.15, -0.1) is 11.3 Å². The zero-order valence-electron chi connectivity index (χ0n) is 11.9. The van der Waals surface area contributed by atoms with Crippen LogP contribution in [0.15, 0.2) is 22.6 Å². The normalized spacial score (nSPS) is 19.1. The van der Waals surface area contributed by atoms with Gasteiger partial charge in [-0.2, -0.15) is 0 Å². The molecule has 0 bridgehead atoms. The van der Waals surface area contributed by atoms with E-state index < -0.39 is 0 Å². The summed E-state index contributed by atoms with van der Waals surface area (Å²) in [6.07, 6.45) is 3.55. The fourth-order valence-electron chi connectivity index (χ4n) is 2.69. The molecule has 1 fully saturated rings. The molecule has 112 valence electrons. The first kappa shape index (κ1) is 14.2. The number of rotatable bonds is 3. The summed E-state index contributed by atoms with van der Waals surface area (Å²) >= 11 is 1.43. The van der Waals surface area contributed by atoms with E-state index in [4.69, 9.17) is 0 Å². The Morgan fingerprint density at radius 2 is 2.43 bits per heavy atom.